The van der Waals surface area contributed by atoms with Crippen molar-refractivity contribution in [3.05, 3.63) is 24.3 Å². The molecule has 1 unspecified atom stereocenters. The fourth-order valence-corrected chi connectivity index (χ4v) is 2.96. The number of hydrogen-bond donors (Lipinski definition) is 1. The number of amides is 2. The van der Waals surface area contributed by atoms with Crippen molar-refractivity contribution in [3.63, 3.8) is 0 Å². The van der Waals surface area contributed by atoms with Gasteiger partial charge >= 0.3 is 24.1 Å². The van der Waals surface area contributed by atoms with Gasteiger partial charge in [0.15, 0.2) is 0 Å². The molecule has 0 aromatic rings. The minimum Gasteiger partial charge on any atom is -0.459 e. The topological polar surface area (TPSA) is 134 Å². The Balaban J connectivity index is 5.05. The summed E-state index contributed by atoms with van der Waals surface area (Å²) >= 11 is 0. The number of imide groups is 1. The van der Waals surface area contributed by atoms with Crippen LogP contribution in [0.5, 0.6) is 0 Å². The highest BCUT2D eigenvalue weighted by molar-refractivity contribution is 5.88. The molecule has 1 atom stereocenters. The molecule has 2 amide bonds. The summed E-state index contributed by atoms with van der Waals surface area (Å²) in [5.74, 6) is -0.940. The van der Waals surface area contributed by atoms with Crippen molar-refractivity contribution < 1.29 is 38.1 Å². The van der Waals surface area contributed by atoms with Crippen molar-refractivity contribution in [2.45, 2.75) is 47.5 Å². The number of carbonyl (C=O) groups is 4. The van der Waals surface area contributed by atoms with Crippen LogP contribution in [-0.2, 0) is 28.5 Å². The number of hydrogen-bond acceptors (Lipinski definition) is 9. The first-order valence-electron chi connectivity index (χ1n) is 10.8. The minimum absolute atomic E-state index is 0.0245. The number of carbonyl (C=O) groups excluding carboxylic acids is 4. The second-order valence-corrected chi connectivity index (χ2v) is 8.70. The first-order valence-corrected chi connectivity index (χ1v) is 10.8. The molecule has 10 nitrogen and oxygen atoms in total. The largest absolute Gasteiger partial charge is 0.459 e. The normalized spacial score (nSPS) is 11.7. The second-order valence-electron chi connectivity index (χ2n) is 8.70. The van der Waals surface area contributed by atoms with E-state index in [9.17, 15) is 19.2 Å². The molecule has 0 rings (SSSR count). The van der Waals surface area contributed by atoms with Gasteiger partial charge < -0.3 is 24.7 Å². The maximum absolute atomic E-state index is 12.6. The van der Waals surface area contributed by atoms with Crippen LogP contribution in [0.2, 0.25) is 0 Å². The van der Waals surface area contributed by atoms with E-state index in [1.807, 2.05) is 20.8 Å². The minimum atomic E-state index is -0.940. The molecule has 0 aromatic carbocycles. The lowest BCUT2D eigenvalue weighted by Gasteiger charge is -2.32. The van der Waals surface area contributed by atoms with Crippen LogP contribution in [0.15, 0.2) is 24.3 Å². The van der Waals surface area contributed by atoms with Gasteiger partial charge in [-0.05, 0) is 44.6 Å². The molecular formula is C23H38N2O8. The molecule has 188 valence electrons. The summed E-state index contributed by atoms with van der Waals surface area (Å²) in [5, 5.41) is 0. The molecule has 0 aliphatic carbocycles. The van der Waals surface area contributed by atoms with E-state index in [2.05, 4.69) is 13.2 Å². The van der Waals surface area contributed by atoms with Crippen LogP contribution in [0.25, 0.3) is 0 Å². The Morgan fingerprint density at radius 2 is 1.24 bits per heavy atom. The van der Waals surface area contributed by atoms with Gasteiger partial charge in [0.05, 0.1) is 0 Å². The zero-order valence-corrected chi connectivity index (χ0v) is 20.4. The Kier molecular flexibility index (Phi) is 13.7. The van der Waals surface area contributed by atoms with Gasteiger partial charge in [0.2, 0.25) is 0 Å². The number of ether oxygens (including phenoxy) is 4. The molecule has 0 spiro atoms. The molecular weight excluding hydrogens is 432 g/mol. The van der Waals surface area contributed by atoms with Gasteiger partial charge in [0.1, 0.15) is 26.4 Å². The van der Waals surface area contributed by atoms with Crippen LogP contribution >= 0.6 is 0 Å². The monoisotopic (exact) mass is 470 g/mol. The third-order valence-corrected chi connectivity index (χ3v) is 4.37. The third-order valence-electron chi connectivity index (χ3n) is 4.37. The van der Waals surface area contributed by atoms with Gasteiger partial charge in [0, 0.05) is 17.7 Å². The third kappa shape index (κ3) is 13.3. The van der Waals surface area contributed by atoms with Crippen LogP contribution in [-0.4, -0.2) is 68.5 Å². The number of esters is 2. The predicted molar refractivity (Wildman–Crippen MR) is 122 cm³/mol. The van der Waals surface area contributed by atoms with Crippen LogP contribution in [0.3, 0.4) is 0 Å². The van der Waals surface area contributed by atoms with E-state index in [-0.39, 0.29) is 50.0 Å². The van der Waals surface area contributed by atoms with E-state index in [0.29, 0.717) is 13.0 Å². The Morgan fingerprint density at radius 1 is 0.848 bits per heavy atom. The lowest BCUT2D eigenvalue weighted by Crippen LogP contribution is -2.44. The van der Waals surface area contributed by atoms with Gasteiger partial charge in [0.25, 0.3) is 0 Å². The zero-order valence-electron chi connectivity index (χ0n) is 20.4. The smallest absolute Gasteiger partial charge is 0.419 e. The molecule has 2 N–H and O–H groups in total. The highest BCUT2D eigenvalue weighted by Crippen LogP contribution is 2.28. The summed E-state index contributed by atoms with van der Waals surface area (Å²) in [6, 6.07) is 0. The van der Waals surface area contributed by atoms with Crippen molar-refractivity contribution in [3.8, 4) is 0 Å². The predicted octanol–water partition coefficient (Wildman–Crippen LogP) is 3.20. The van der Waals surface area contributed by atoms with Crippen LogP contribution in [0.4, 0.5) is 9.59 Å². The van der Waals surface area contributed by atoms with Crippen molar-refractivity contribution >= 4 is 24.1 Å². The summed E-state index contributed by atoms with van der Waals surface area (Å²) in [5.41, 5.74) is 5.60. The van der Waals surface area contributed by atoms with Gasteiger partial charge in [-0.3, -0.25) is 0 Å². The average Bonchev–Trinajstić information content (AvgIpc) is 2.71. The lowest BCUT2D eigenvalue weighted by atomic mass is 9.82. The highest BCUT2D eigenvalue weighted by atomic mass is 16.6. The quantitative estimate of drug-likeness (QED) is 0.176. The summed E-state index contributed by atoms with van der Waals surface area (Å²) < 4.78 is 19.9. The Hall–Kier alpha value is -2.88. The first kappa shape index (κ1) is 30.1. The summed E-state index contributed by atoms with van der Waals surface area (Å²) in [4.78, 5) is 48.9. The molecule has 0 radical (unpaired) electrons. The molecule has 10 heteroatoms. The fourth-order valence-electron chi connectivity index (χ4n) is 2.96. The lowest BCUT2D eigenvalue weighted by molar-refractivity contribution is -0.140. The van der Waals surface area contributed by atoms with Gasteiger partial charge in [-0.25, -0.2) is 24.1 Å². The molecule has 33 heavy (non-hydrogen) atoms. The molecule has 0 saturated heterocycles. The van der Waals surface area contributed by atoms with Crippen molar-refractivity contribution in [1.29, 1.82) is 0 Å². The highest BCUT2D eigenvalue weighted by Gasteiger charge is 2.32. The Bertz CT molecular complexity index is 671. The molecule has 0 heterocycles. The summed E-state index contributed by atoms with van der Waals surface area (Å²) in [6.45, 7) is 15.5. The van der Waals surface area contributed by atoms with E-state index >= 15 is 0 Å². The first-order chi connectivity index (χ1) is 15.3. The van der Waals surface area contributed by atoms with Crippen molar-refractivity contribution in [2.75, 3.05) is 39.5 Å². The maximum atomic E-state index is 12.6. The van der Waals surface area contributed by atoms with Crippen molar-refractivity contribution in [2.24, 2.45) is 17.1 Å². The Labute approximate surface area is 196 Å². The Morgan fingerprint density at radius 3 is 1.61 bits per heavy atom. The summed E-state index contributed by atoms with van der Waals surface area (Å²) in [7, 11) is 0. The molecule has 0 aromatic heterocycles. The molecule has 0 fully saturated rings. The summed E-state index contributed by atoms with van der Waals surface area (Å²) in [6.07, 6.45) is -0.372. The second kappa shape index (κ2) is 15.0. The number of nitrogens with two attached hydrogens (primary N) is 1. The standard InChI is InChI=1S/C23H38N2O8/c1-16(2)19(26)30-10-12-32-21(28)25(15-23(6,7)14-18(5)8-9-24)22(29)33-13-11-31-20(27)17(3)4/h18H,1,3,8-15,24H2,2,4-7H3. The molecule has 0 aliphatic heterocycles. The van der Waals surface area contributed by atoms with Crippen molar-refractivity contribution in [1.82, 2.24) is 4.90 Å². The van der Waals surface area contributed by atoms with E-state index in [1.54, 1.807) is 0 Å². The average molecular weight is 471 g/mol. The number of nitrogens with zero attached hydrogens (tertiary/aromatic N) is 1. The van der Waals surface area contributed by atoms with E-state index in [0.717, 1.165) is 11.3 Å². The molecule has 0 bridgehead atoms. The van der Waals surface area contributed by atoms with Gasteiger partial charge in [-0.2, -0.15) is 0 Å². The van der Waals surface area contributed by atoms with E-state index in [4.69, 9.17) is 24.7 Å². The zero-order chi connectivity index (χ0) is 25.6. The van der Waals surface area contributed by atoms with E-state index < -0.39 is 29.5 Å². The molecule has 0 saturated carbocycles. The van der Waals surface area contributed by atoms with Crippen LogP contribution in [0.1, 0.15) is 47.5 Å². The van der Waals surface area contributed by atoms with Crippen LogP contribution in [0, 0.1) is 11.3 Å². The van der Waals surface area contributed by atoms with Crippen LogP contribution < -0.4 is 5.73 Å². The fraction of sp³-hybridized carbons (Fsp3) is 0.652. The van der Waals surface area contributed by atoms with Gasteiger partial charge in [-0.1, -0.05) is 33.9 Å². The van der Waals surface area contributed by atoms with Gasteiger partial charge in [-0.15, -0.1) is 0 Å². The maximum Gasteiger partial charge on any atom is 0.419 e. The number of rotatable bonds is 14. The SMILES string of the molecule is C=C(C)C(=O)OCCOC(=O)N(CC(C)(C)CC(C)CCN)C(=O)OCCOC(=O)C(=C)C. The molecule has 0 aliphatic rings. The van der Waals surface area contributed by atoms with E-state index in [1.165, 1.54) is 13.8 Å².